The lowest BCUT2D eigenvalue weighted by Crippen LogP contribution is -2.43. The van der Waals surface area contributed by atoms with E-state index in [2.05, 4.69) is 10.3 Å². The molecule has 3 rings (SSSR count). The Kier molecular flexibility index (Phi) is 6.07. The molecule has 1 unspecified atom stereocenters. The molecule has 146 valence electrons. The molecule has 1 amide bonds. The lowest BCUT2D eigenvalue weighted by Gasteiger charge is -2.31. The van der Waals surface area contributed by atoms with Crippen molar-refractivity contribution in [1.29, 1.82) is 5.26 Å². The fraction of sp³-hybridized carbons (Fsp3) is 0.350. The van der Waals surface area contributed by atoms with Crippen LogP contribution in [0.1, 0.15) is 37.1 Å². The number of hydrogen-bond donors (Lipinski definition) is 1. The summed E-state index contributed by atoms with van der Waals surface area (Å²) >= 11 is 0. The first-order valence-corrected chi connectivity index (χ1v) is 10.6. The second-order valence-electron chi connectivity index (χ2n) is 6.77. The van der Waals surface area contributed by atoms with Crippen LogP contribution in [-0.2, 0) is 14.8 Å². The van der Waals surface area contributed by atoms with Crippen molar-refractivity contribution < 1.29 is 13.2 Å². The Balaban J connectivity index is 1.62. The molecule has 7 nitrogen and oxygen atoms in total. The SMILES string of the molecule is CC(NC(=O)C1CCN(S(=O)(=O)c2ccccc2C#N)CC1)c1ccccn1. The normalized spacial score (nSPS) is 16.9. The third kappa shape index (κ3) is 4.21. The van der Waals surface area contributed by atoms with Gasteiger partial charge in [-0.25, -0.2) is 8.42 Å². The van der Waals surface area contributed by atoms with Gasteiger partial charge in [0, 0.05) is 25.2 Å². The summed E-state index contributed by atoms with van der Waals surface area (Å²) in [5.74, 6) is -0.337. The molecule has 0 bridgehead atoms. The third-order valence-corrected chi connectivity index (χ3v) is 6.90. The Morgan fingerprint density at radius 2 is 1.89 bits per heavy atom. The fourth-order valence-corrected chi connectivity index (χ4v) is 4.93. The number of pyridine rings is 1. The fourth-order valence-electron chi connectivity index (χ4n) is 3.32. The van der Waals surface area contributed by atoms with Gasteiger partial charge in [0.25, 0.3) is 0 Å². The lowest BCUT2D eigenvalue weighted by atomic mass is 9.97. The second-order valence-corrected chi connectivity index (χ2v) is 8.68. The lowest BCUT2D eigenvalue weighted by molar-refractivity contribution is -0.126. The molecule has 1 N–H and O–H groups in total. The van der Waals surface area contributed by atoms with Gasteiger partial charge in [0.15, 0.2) is 0 Å². The van der Waals surface area contributed by atoms with Crippen molar-refractivity contribution in [3.05, 3.63) is 59.9 Å². The molecule has 1 atom stereocenters. The molecule has 1 fully saturated rings. The molecule has 0 aliphatic carbocycles. The zero-order valence-electron chi connectivity index (χ0n) is 15.6. The van der Waals surface area contributed by atoms with Crippen molar-refractivity contribution in [3.63, 3.8) is 0 Å². The quantitative estimate of drug-likeness (QED) is 0.832. The topological polar surface area (TPSA) is 103 Å². The van der Waals surface area contributed by atoms with E-state index in [-0.39, 0.29) is 41.4 Å². The first-order valence-electron chi connectivity index (χ1n) is 9.14. The highest BCUT2D eigenvalue weighted by atomic mass is 32.2. The number of carbonyl (C=O) groups is 1. The number of benzene rings is 1. The molecule has 0 saturated carbocycles. The number of hydrogen-bond acceptors (Lipinski definition) is 5. The first-order chi connectivity index (χ1) is 13.4. The predicted octanol–water partition coefficient (Wildman–Crippen LogP) is 2.23. The largest absolute Gasteiger partial charge is 0.348 e. The molecule has 28 heavy (non-hydrogen) atoms. The summed E-state index contributed by atoms with van der Waals surface area (Å²) in [6.07, 6.45) is 2.56. The molecule has 2 heterocycles. The maximum Gasteiger partial charge on any atom is 0.244 e. The molecule has 0 radical (unpaired) electrons. The summed E-state index contributed by atoms with van der Waals surface area (Å²) in [7, 11) is -3.75. The number of piperidine rings is 1. The number of amides is 1. The van der Waals surface area contributed by atoms with Crippen LogP contribution in [0.4, 0.5) is 0 Å². The molecule has 1 aromatic heterocycles. The van der Waals surface area contributed by atoms with Gasteiger partial charge in [-0.3, -0.25) is 9.78 Å². The van der Waals surface area contributed by atoms with E-state index in [1.165, 1.54) is 16.4 Å². The Bertz CT molecular complexity index is 978. The maximum absolute atomic E-state index is 12.9. The van der Waals surface area contributed by atoms with E-state index in [1.807, 2.05) is 31.2 Å². The van der Waals surface area contributed by atoms with Crippen LogP contribution in [0.25, 0.3) is 0 Å². The summed E-state index contributed by atoms with van der Waals surface area (Å²) in [6, 6.07) is 13.4. The second kappa shape index (κ2) is 8.50. The highest BCUT2D eigenvalue weighted by Crippen LogP contribution is 2.26. The smallest absolute Gasteiger partial charge is 0.244 e. The average molecular weight is 398 g/mol. The van der Waals surface area contributed by atoms with Gasteiger partial charge in [-0.05, 0) is 44.0 Å². The molecule has 1 aliphatic rings. The Hall–Kier alpha value is -2.76. The van der Waals surface area contributed by atoms with Crippen LogP contribution < -0.4 is 5.32 Å². The average Bonchev–Trinajstić information content (AvgIpc) is 2.74. The number of nitrogens with one attached hydrogen (secondary N) is 1. The zero-order chi connectivity index (χ0) is 20.1. The highest BCUT2D eigenvalue weighted by Gasteiger charge is 2.33. The van der Waals surface area contributed by atoms with Crippen molar-refractivity contribution in [1.82, 2.24) is 14.6 Å². The van der Waals surface area contributed by atoms with Gasteiger partial charge in [0.1, 0.15) is 6.07 Å². The van der Waals surface area contributed by atoms with Crippen LogP contribution in [0.15, 0.2) is 53.6 Å². The standard InChI is InChI=1S/C20H22N4O3S/c1-15(18-7-4-5-11-22-18)23-20(25)16-9-12-24(13-10-16)28(26,27)19-8-3-2-6-17(19)14-21/h2-8,11,15-16H,9-10,12-13H2,1H3,(H,23,25). The van der Waals surface area contributed by atoms with Gasteiger partial charge in [-0.2, -0.15) is 9.57 Å². The van der Waals surface area contributed by atoms with Crippen LogP contribution in [0.2, 0.25) is 0 Å². The van der Waals surface area contributed by atoms with Gasteiger partial charge in [0.05, 0.1) is 22.2 Å². The Morgan fingerprint density at radius 1 is 1.21 bits per heavy atom. The van der Waals surface area contributed by atoms with Gasteiger partial charge in [-0.15, -0.1) is 0 Å². The number of nitrogens with zero attached hydrogens (tertiary/aromatic N) is 3. The number of sulfonamides is 1. The molecular weight excluding hydrogens is 376 g/mol. The minimum atomic E-state index is -3.75. The molecule has 8 heteroatoms. The van der Waals surface area contributed by atoms with E-state index >= 15 is 0 Å². The van der Waals surface area contributed by atoms with E-state index < -0.39 is 10.0 Å². The number of aromatic nitrogens is 1. The van der Waals surface area contributed by atoms with E-state index in [1.54, 1.807) is 18.3 Å². The number of nitriles is 1. The summed E-state index contributed by atoms with van der Waals surface area (Å²) in [5.41, 5.74) is 0.913. The molecule has 2 aromatic rings. The molecular formula is C20H22N4O3S. The van der Waals surface area contributed by atoms with Crippen molar-refractivity contribution >= 4 is 15.9 Å². The third-order valence-electron chi connectivity index (χ3n) is 4.94. The summed E-state index contributed by atoms with van der Waals surface area (Å²) in [4.78, 5) is 16.8. The molecule has 1 aliphatic heterocycles. The van der Waals surface area contributed by atoms with Crippen LogP contribution >= 0.6 is 0 Å². The van der Waals surface area contributed by atoms with Crippen molar-refractivity contribution in [2.45, 2.75) is 30.7 Å². The minimum Gasteiger partial charge on any atom is -0.348 e. The molecule has 1 saturated heterocycles. The summed E-state index contributed by atoms with van der Waals surface area (Å²) in [5, 5.41) is 12.1. The first kappa shape index (κ1) is 20.0. The van der Waals surface area contributed by atoms with Crippen molar-refractivity contribution in [3.8, 4) is 6.07 Å². The highest BCUT2D eigenvalue weighted by molar-refractivity contribution is 7.89. The Morgan fingerprint density at radius 3 is 2.54 bits per heavy atom. The van der Waals surface area contributed by atoms with Gasteiger partial charge in [-0.1, -0.05) is 18.2 Å². The Labute approximate surface area is 165 Å². The van der Waals surface area contributed by atoms with Crippen LogP contribution in [0.3, 0.4) is 0 Å². The maximum atomic E-state index is 12.9. The van der Waals surface area contributed by atoms with Crippen LogP contribution in [0, 0.1) is 17.2 Å². The van der Waals surface area contributed by atoms with Crippen molar-refractivity contribution in [2.24, 2.45) is 5.92 Å². The monoisotopic (exact) mass is 398 g/mol. The number of carbonyl (C=O) groups excluding carboxylic acids is 1. The van der Waals surface area contributed by atoms with E-state index in [9.17, 15) is 18.5 Å². The van der Waals surface area contributed by atoms with Crippen LogP contribution in [-0.4, -0.2) is 36.7 Å². The van der Waals surface area contributed by atoms with E-state index in [4.69, 9.17) is 0 Å². The van der Waals surface area contributed by atoms with Gasteiger partial charge < -0.3 is 5.32 Å². The predicted molar refractivity (Wildman–Crippen MR) is 103 cm³/mol. The number of rotatable bonds is 5. The van der Waals surface area contributed by atoms with E-state index in [0.29, 0.717) is 12.8 Å². The van der Waals surface area contributed by atoms with Crippen LogP contribution in [0.5, 0.6) is 0 Å². The van der Waals surface area contributed by atoms with Gasteiger partial charge in [0.2, 0.25) is 15.9 Å². The molecule has 1 aromatic carbocycles. The minimum absolute atomic E-state index is 0.0178. The summed E-state index contributed by atoms with van der Waals surface area (Å²) in [6.45, 7) is 2.37. The molecule has 0 spiro atoms. The van der Waals surface area contributed by atoms with E-state index in [0.717, 1.165) is 5.69 Å². The van der Waals surface area contributed by atoms with Gasteiger partial charge >= 0.3 is 0 Å². The van der Waals surface area contributed by atoms with Crippen molar-refractivity contribution in [2.75, 3.05) is 13.1 Å². The summed E-state index contributed by atoms with van der Waals surface area (Å²) < 4.78 is 27.1. The zero-order valence-corrected chi connectivity index (χ0v) is 16.4.